The molecule has 1 heterocycles. The molecule has 20 heavy (non-hydrogen) atoms. The highest BCUT2D eigenvalue weighted by Crippen LogP contribution is 2.26. The summed E-state index contributed by atoms with van der Waals surface area (Å²) in [5.41, 5.74) is 0. The number of nitrogens with zero attached hydrogens (tertiary/aromatic N) is 2. The van der Waals surface area contributed by atoms with Crippen molar-refractivity contribution in [2.24, 2.45) is 5.92 Å². The lowest BCUT2D eigenvalue weighted by molar-refractivity contribution is -0.138. The van der Waals surface area contributed by atoms with Crippen LogP contribution >= 0.6 is 0 Å². The zero-order valence-electron chi connectivity index (χ0n) is 12.4. The number of urea groups is 1. The number of aliphatic carboxylic acids is 1. The molecule has 0 spiro atoms. The Morgan fingerprint density at radius 1 is 1.15 bits per heavy atom. The van der Waals surface area contributed by atoms with Crippen molar-refractivity contribution in [1.82, 2.24) is 9.80 Å². The maximum atomic E-state index is 12.5. The third-order valence-electron chi connectivity index (χ3n) is 4.62. The second-order valence-electron chi connectivity index (χ2n) is 6.25. The molecular weight excluding hydrogens is 256 g/mol. The first-order valence-electron chi connectivity index (χ1n) is 7.81. The van der Waals surface area contributed by atoms with E-state index >= 15 is 0 Å². The number of carboxylic acids is 1. The van der Waals surface area contributed by atoms with Crippen LogP contribution in [-0.2, 0) is 4.79 Å². The second-order valence-corrected chi connectivity index (χ2v) is 6.25. The fourth-order valence-corrected chi connectivity index (χ4v) is 3.56. The lowest BCUT2D eigenvalue weighted by atomic mass is 9.89. The molecule has 114 valence electrons. The predicted octanol–water partition coefficient (Wildman–Crippen LogP) is 2.56. The molecule has 2 aliphatic rings. The molecule has 1 saturated carbocycles. The smallest absolute Gasteiger partial charge is 0.320 e. The van der Waals surface area contributed by atoms with E-state index in [-0.39, 0.29) is 18.5 Å². The summed E-state index contributed by atoms with van der Waals surface area (Å²) in [6, 6.07) is -0.104. The van der Waals surface area contributed by atoms with Crippen molar-refractivity contribution in [3.63, 3.8) is 0 Å². The van der Waals surface area contributed by atoms with Crippen molar-refractivity contribution in [3.8, 4) is 0 Å². The lowest BCUT2D eigenvalue weighted by Gasteiger charge is -2.32. The van der Waals surface area contributed by atoms with Gasteiger partial charge < -0.3 is 14.9 Å². The van der Waals surface area contributed by atoms with Gasteiger partial charge in [0.2, 0.25) is 0 Å². The number of amides is 2. The van der Waals surface area contributed by atoms with E-state index in [1.54, 1.807) is 9.80 Å². The van der Waals surface area contributed by atoms with Gasteiger partial charge in [-0.15, -0.1) is 0 Å². The van der Waals surface area contributed by atoms with E-state index in [4.69, 9.17) is 5.11 Å². The molecule has 0 aromatic carbocycles. The minimum atomic E-state index is -0.815. The summed E-state index contributed by atoms with van der Waals surface area (Å²) in [5, 5.41) is 8.92. The molecule has 1 N–H and O–H groups in total. The van der Waals surface area contributed by atoms with Crippen LogP contribution in [0.4, 0.5) is 4.79 Å². The van der Waals surface area contributed by atoms with Crippen molar-refractivity contribution in [3.05, 3.63) is 0 Å². The minimum absolute atomic E-state index is 0.0133. The van der Waals surface area contributed by atoms with Gasteiger partial charge in [-0.05, 0) is 31.6 Å². The molecular formula is C15H26N2O3. The van der Waals surface area contributed by atoms with Gasteiger partial charge in [0.1, 0.15) is 0 Å². The first kappa shape index (κ1) is 15.1. The molecule has 1 atom stereocenters. The fraction of sp³-hybridized carbons (Fsp3) is 0.867. The van der Waals surface area contributed by atoms with Crippen LogP contribution < -0.4 is 0 Å². The van der Waals surface area contributed by atoms with Gasteiger partial charge in [0, 0.05) is 26.2 Å². The van der Waals surface area contributed by atoms with Gasteiger partial charge in [-0.25, -0.2) is 4.79 Å². The van der Waals surface area contributed by atoms with E-state index in [1.807, 2.05) is 7.05 Å². The van der Waals surface area contributed by atoms with Crippen molar-refractivity contribution < 1.29 is 14.7 Å². The average Bonchev–Trinajstić information content (AvgIpc) is 2.86. The number of hydrogen-bond acceptors (Lipinski definition) is 2. The quantitative estimate of drug-likeness (QED) is 0.862. The number of carbonyl (C=O) groups excluding carboxylic acids is 1. The highest BCUT2D eigenvalue weighted by Gasteiger charge is 2.32. The Morgan fingerprint density at radius 2 is 1.85 bits per heavy atom. The van der Waals surface area contributed by atoms with Gasteiger partial charge in [-0.2, -0.15) is 0 Å². The number of likely N-dealkylation sites (tertiary alicyclic amines) is 1. The van der Waals surface area contributed by atoms with Crippen molar-refractivity contribution in [1.29, 1.82) is 0 Å². The highest BCUT2D eigenvalue weighted by molar-refractivity contribution is 5.76. The van der Waals surface area contributed by atoms with E-state index in [1.165, 1.54) is 32.1 Å². The summed E-state index contributed by atoms with van der Waals surface area (Å²) in [5.74, 6) is -0.192. The Kier molecular flexibility index (Phi) is 5.26. The molecule has 2 fully saturated rings. The van der Waals surface area contributed by atoms with E-state index in [9.17, 15) is 9.59 Å². The van der Waals surface area contributed by atoms with E-state index in [0.717, 1.165) is 19.4 Å². The summed E-state index contributed by atoms with van der Waals surface area (Å²) in [7, 11) is 1.85. The summed E-state index contributed by atoms with van der Waals surface area (Å²) in [4.78, 5) is 26.9. The Labute approximate surface area is 120 Å². The molecule has 1 aliphatic heterocycles. The van der Waals surface area contributed by atoms with Crippen molar-refractivity contribution in [2.45, 2.75) is 57.4 Å². The monoisotopic (exact) mass is 282 g/mol. The molecule has 0 bridgehead atoms. The summed E-state index contributed by atoms with van der Waals surface area (Å²) >= 11 is 0. The summed E-state index contributed by atoms with van der Waals surface area (Å²) < 4.78 is 0. The van der Waals surface area contributed by atoms with E-state index in [0.29, 0.717) is 12.5 Å². The SMILES string of the molecule is CN(CC1CCCCC1)C(=O)N1CCCC1CC(=O)O. The lowest BCUT2D eigenvalue weighted by Crippen LogP contribution is -2.46. The van der Waals surface area contributed by atoms with Gasteiger partial charge in [0.05, 0.1) is 6.42 Å². The van der Waals surface area contributed by atoms with Crippen LogP contribution in [0.2, 0.25) is 0 Å². The van der Waals surface area contributed by atoms with E-state index < -0.39 is 5.97 Å². The zero-order valence-corrected chi connectivity index (χ0v) is 12.4. The third-order valence-corrected chi connectivity index (χ3v) is 4.62. The van der Waals surface area contributed by atoms with Gasteiger partial charge >= 0.3 is 12.0 Å². The Balaban J connectivity index is 1.86. The summed E-state index contributed by atoms with van der Waals surface area (Å²) in [6.45, 7) is 1.51. The maximum absolute atomic E-state index is 12.5. The molecule has 0 aromatic heterocycles. The average molecular weight is 282 g/mol. The summed E-state index contributed by atoms with van der Waals surface area (Å²) in [6.07, 6.45) is 8.11. The maximum Gasteiger partial charge on any atom is 0.320 e. The zero-order chi connectivity index (χ0) is 14.5. The molecule has 5 nitrogen and oxygen atoms in total. The topological polar surface area (TPSA) is 60.9 Å². The Bertz CT molecular complexity index is 353. The van der Waals surface area contributed by atoms with Crippen molar-refractivity contribution >= 4 is 12.0 Å². The largest absolute Gasteiger partial charge is 0.481 e. The van der Waals surface area contributed by atoms with E-state index in [2.05, 4.69) is 0 Å². The normalized spacial score (nSPS) is 23.9. The second kappa shape index (κ2) is 6.95. The first-order valence-corrected chi connectivity index (χ1v) is 7.81. The molecule has 2 amide bonds. The van der Waals surface area contributed by atoms with Crippen LogP contribution in [-0.4, -0.2) is 53.1 Å². The molecule has 1 saturated heterocycles. The van der Waals surface area contributed by atoms with Crippen LogP contribution in [0, 0.1) is 5.92 Å². The van der Waals surface area contributed by atoms with Crippen LogP contribution in [0.25, 0.3) is 0 Å². The molecule has 2 rings (SSSR count). The number of rotatable bonds is 4. The van der Waals surface area contributed by atoms with Crippen molar-refractivity contribution in [2.75, 3.05) is 20.1 Å². The molecule has 5 heteroatoms. The van der Waals surface area contributed by atoms with Gasteiger partial charge in [-0.1, -0.05) is 19.3 Å². The van der Waals surface area contributed by atoms with Crippen LogP contribution in [0.1, 0.15) is 51.4 Å². The van der Waals surface area contributed by atoms with Gasteiger partial charge in [-0.3, -0.25) is 4.79 Å². The fourth-order valence-electron chi connectivity index (χ4n) is 3.56. The number of hydrogen-bond donors (Lipinski definition) is 1. The molecule has 0 radical (unpaired) electrons. The number of carbonyl (C=O) groups is 2. The van der Waals surface area contributed by atoms with Crippen LogP contribution in [0.5, 0.6) is 0 Å². The van der Waals surface area contributed by atoms with Gasteiger partial charge in [0.25, 0.3) is 0 Å². The molecule has 1 aliphatic carbocycles. The van der Waals surface area contributed by atoms with Crippen LogP contribution in [0.15, 0.2) is 0 Å². The molecule has 1 unspecified atom stereocenters. The first-order chi connectivity index (χ1) is 9.58. The Morgan fingerprint density at radius 3 is 2.50 bits per heavy atom. The van der Waals surface area contributed by atoms with Gasteiger partial charge in [0.15, 0.2) is 0 Å². The predicted molar refractivity (Wildman–Crippen MR) is 76.6 cm³/mol. The molecule has 0 aromatic rings. The Hall–Kier alpha value is -1.26. The van der Waals surface area contributed by atoms with Crippen LogP contribution in [0.3, 0.4) is 0 Å². The number of carboxylic acid groups (broad SMARTS) is 1. The standard InChI is InChI=1S/C15H26N2O3/c1-16(11-12-6-3-2-4-7-12)15(20)17-9-5-8-13(17)10-14(18)19/h12-13H,2-11H2,1H3,(H,18,19). The minimum Gasteiger partial charge on any atom is -0.481 e. The third kappa shape index (κ3) is 3.87. The highest BCUT2D eigenvalue weighted by atomic mass is 16.4.